The smallest absolute Gasteiger partial charge is 0.187 e. The highest BCUT2D eigenvalue weighted by Crippen LogP contribution is 2.45. The summed E-state index contributed by atoms with van der Waals surface area (Å²) in [5.74, 6) is 6.96. The number of fused-ring (bicyclic) bond motifs is 6. The van der Waals surface area contributed by atoms with Crippen LogP contribution in [0.5, 0.6) is 0 Å². The zero-order chi connectivity index (χ0) is 88.0. The summed E-state index contributed by atoms with van der Waals surface area (Å²) < 4.78 is 4.46. The molecule has 19 nitrogen and oxygen atoms in total. The van der Waals surface area contributed by atoms with E-state index in [4.69, 9.17) is 81.3 Å². The number of hydrogen-bond donors (Lipinski definition) is 0. The molecule has 7 aromatic heterocycles. The summed E-state index contributed by atoms with van der Waals surface area (Å²) in [7, 11) is 0. The Morgan fingerprint density at radius 2 is 0.424 bits per heavy atom. The molecule has 23 rings (SSSR count). The fraction of sp³-hybridized carbons (Fsp3) is 0. The second-order valence-electron chi connectivity index (χ2n) is 31.7. The van der Waals surface area contributed by atoms with Gasteiger partial charge in [-0.15, -0.1) is 0 Å². The number of benzene rings is 16. The molecule has 0 aliphatic carbocycles. The Bertz CT molecular complexity index is 7910. The molecule has 0 radical (unpaired) electrons. The van der Waals surface area contributed by atoms with Crippen molar-refractivity contribution in [3.05, 3.63) is 423 Å². The predicted molar refractivity (Wildman–Crippen MR) is 520 cm³/mol. The molecule has 0 saturated heterocycles. The highest BCUT2D eigenvalue weighted by molar-refractivity contribution is 6.14. The fourth-order valence-electron chi connectivity index (χ4n) is 17.0. The van der Waals surface area contributed by atoms with Crippen molar-refractivity contribution in [1.29, 1.82) is 5.26 Å². The molecule has 0 N–H and O–H groups in total. The third-order valence-electron chi connectivity index (χ3n) is 23.4. The van der Waals surface area contributed by atoms with E-state index in [1.165, 1.54) is 0 Å². The van der Waals surface area contributed by atoms with E-state index >= 15 is 0 Å². The minimum Gasteiger partial charge on any atom is -0.308 e. The van der Waals surface area contributed by atoms with E-state index in [2.05, 4.69) is 98.9 Å². The monoisotopic (exact) mass is 1690 g/mol. The van der Waals surface area contributed by atoms with Crippen molar-refractivity contribution in [3.63, 3.8) is 0 Å². The van der Waals surface area contributed by atoms with Gasteiger partial charge in [0.05, 0.1) is 51.6 Å². The third kappa shape index (κ3) is 14.9. The molecule has 0 aliphatic rings. The summed E-state index contributed by atoms with van der Waals surface area (Å²) in [6.07, 6.45) is 0. The quantitative estimate of drug-likeness (QED) is 0.0727. The summed E-state index contributed by atoms with van der Waals surface area (Å²) in [4.78, 5) is 83.3. The molecule has 0 bridgehead atoms. The molecular weight excluding hydrogens is 1620 g/mol. The zero-order valence-corrected chi connectivity index (χ0v) is 70.2. The molecule has 0 atom stereocenters. The maximum absolute atomic E-state index is 11.3. The van der Waals surface area contributed by atoms with Crippen LogP contribution in [0.4, 0.5) is 5.69 Å². The van der Waals surface area contributed by atoms with Crippen LogP contribution in [0.3, 0.4) is 0 Å². The summed E-state index contributed by atoms with van der Waals surface area (Å²) in [6, 6.07) is 137. The Balaban J connectivity index is 0.762. The highest BCUT2D eigenvalue weighted by Gasteiger charge is 2.28. The first-order valence-corrected chi connectivity index (χ1v) is 42.9. The van der Waals surface area contributed by atoms with Gasteiger partial charge >= 0.3 is 0 Å². The Morgan fingerprint density at radius 1 is 0.189 bits per heavy atom. The van der Waals surface area contributed by atoms with Gasteiger partial charge in [0, 0.05) is 105 Å². The predicted octanol–water partition coefficient (Wildman–Crippen LogP) is 25.9. The minimum atomic E-state index is 0.272. The van der Waals surface area contributed by atoms with E-state index in [0.717, 1.165) is 122 Å². The van der Waals surface area contributed by atoms with Gasteiger partial charge in [0.1, 0.15) is 0 Å². The molecule has 614 valence electrons. The van der Waals surface area contributed by atoms with Crippen LogP contribution in [0.2, 0.25) is 0 Å². The maximum atomic E-state index is 11.3. The van der Waals surface area contributed by atoms with Crippen LogP contribution in [0.1, 0.15) is 5.56 Å². The standard InChI is InChI=1S/C113H67N19/c1-115-86-49-29-48-80(63-86)81-51-56-87(98(68-81)132-95-60-54-84(110-124-103(75-38-19-6-20-39-75)118-104(125-110)76-40-21-7-22-41-76)66-90(95)91-67-85(55-61-96(91)132)111-126-105(77-42-23-8-24-43-77)119-106(127-111)78-44-25-9-26-45-78)112-128-107(79-46-27-10-28-47-79)129-113(130-112)92-62-70(69-114)50-57-97(92)131-93-58-52-82(108-120-99(71-30-11-2-12-31-71)116-100(121-108)72-32-13-3-14-33-72)64-88(93)89-65-83(53-59-94(89)131)109-122-101(73-34-15-4-16-35-73)117-102(123-109)74-36-17-5-18-37-74/h2-68H. The maximum Gasteiger partial charge on any atom is 0.187 e. The molecule has 0 spiro atoms. The lowest BCUT2D eigenvalue weighted by molar-refractivity contribution is 1.06. The summed E-state index contributed by atoms with van der Waals surface area (Å²) in [5, 5.41) is 14.6. The van der Waals surface area contributed by atoms with Crippen LogP contribution in [0.25, 0.3) is 242 Å². The molecule has 0 unspecified atom stereocenters. The topological polar surface area (TPSA) is 231 Å². The fourth-order valence-corrected chi connectivity index (χ4v) is 17.0. The molecule has 0 aliphatic heterocycles. The summed E-state index contributed by atoms with van der Waals surface area (Å²) in [5.41, 5.74) is 18.5. The number of nitriles is 1. The van der Waals surface area contributed by atoms with Gasteiger partial charge in [0.25, 0.3) is 0 Å². The Hall–Kier alpha value is -18.9. The lowest BCUT2D eigenvalue weighted by Gasteiger charge is -2.18. The van der Waals surface area contributed by atoms with Crippen LogP contribution in [0.15, 0.2) is 406 Å². The van der Waals surface area contributed by atoms with Crippen LogP contribution < -0.4 is 0 Å². The second kappa shape index (κ2) is 33.6. The molecule has 23 aromatic rings. The Labute approximate surface area is 756 Å². The summed E-state index contributed by atoms with van der Waals surface area (Å²) >= 11 is 0. The van der Waals surface area contributed by atoms with Gasteiger partial charge in [0.15, 0.2) is 93.1 Å². The normalized spacial score (nSPS) is 11.3. The van der Waals surface area contributed by atoms with E-state index in [1.54, 1.807) is 0 Å². The molecule has 132 heavy (non-hydrogen) atoms. The molecule has 19 heteroatoms. The minimum absolute atomic E-state index is 0.272. The van der Waals surface area contributed by atoms with Crippen molar-refractivity contribution < 1.29 is 0 Å². The van der Waals surface area contributed by atoms with E-state index in [0.29, 0.717) is 121 Å². The average Bonchev–Trinajstić information content (AvgIpc) is 1.57. The van der Waals surface area contributed by atoms with Crippen LogP contribution in [-0.2, 0) is 0 Å². The van der Waals surface area contributed by atoms with Gasteiger partial charge in [-0.1, -0.05) is 297 Å². The van der Waals surface area contributed by atoms with Gasteiger partial charge < -0.3 is 9.13 Å². The van der Waals surface area contributed by atoms with Crippen molar-refractivity contribution in [3.8, 4) is 199 Å². The van der Waals surface area contributed by atoms with E-state index in [-0.39, 0.29) is 5.82 Å². The molecular formula is C113H67N19. The molecule has 0 saturated carbocycles. The molecule has 0 amide bonds. The SMILES string of the molecule is [C-]#[N+]c1cccc(-c2ccc(-c3nc(-c4ccccc4)nc(-c4cc(C#N)ccc4-n4c5ccc(-c6nc(-c7ccccc7)nc(-c7ccccc7)n6)cc5c5cc(-c6nc(-c7ccccc7)nc(-c7ccccc7)n6)ccc54)n3)c(-n3c4ccc(-c5nc(-c6ccccc6)nc(-c6ccccc6)n5)cc4c4cc(-c5nc(-c6ccccc6)nc(-c6ccccc6)n5)ccc43)c2)c1. The molecule has 16 aromatic carbocycles. The number of nitrogens with zero attached hydrogens (tertiary/aromatic N) is 19. The van der Waals surface area contributed by atoms with E-state index in [1.807, 2.05) is 328 Å². The second-order valence-corrected chi connectivity index (χ2v) is 31.7. The first-order valence-electron chi connectivity index (χ1n) is 42.9. The zero-order valence-electron chi connectivity index (χ0n) is 70.2. The highest BCUT2D eigenvalue weighted by atomic mass is 15.1. The molecule has 7 heterocycles. The van der Waals surface area contributed by atoms with Gasteiger partial charge in [-0.25, -0.2) is 79.6 Å². The van der Waals surface area contributed by atoms with E-state index < -0.39 is 0 Å². The summed E-state index contributed by atoms with van der Waals surface area (Å²) in [6.45, 7) is 8.26. The lowest BCUT2D eigenvalue weighted by Crippen LogP contribution is -2.06. The number of hydrogen-bond acceptors (Lipinski definition) is 16. The van der Waals surface area contributed by atoms with Crippen molar-refractivity contribution in [2.75, 3.05) is 0 Å². The molecule has 0 fully saturated rings. The van der Waals surface area contributed by atoms with Crippen molar-refractivity contribution >= 4 is 49.3 Å². The number of aromatic nitrogens is 17. The van der Waals surface area contributed by atoms with Crippen LogP contribution in [0, 0.1) is 17.9 Å². The van der Waals surface area contributed by atoms with Crippen molar-refractivity contribution in [2.24, 2.45) is 0 Å². The van der Waals surface area contributed by atoms with Gasteiger partial charge in [-0.2, -0.15) is 5.26 Å². The van der Waals surface area contributed by atoms with Crippen LogP contribution >= 0.6 is 0 Å². The van der Waals surface area contributed by atoms with Gasteiger partial charge in [-0.05, 0) is 120 Å². The Kier molecular flexibility index (Phi) is 19.8. The first-order chi connectivity index (χ1) is 65.3. The number of rotatable bonds is 18. The average molecular weight is 1690 g/mol. The van der Waals surface area contributed by atoms with Gasteiger partial charge in [0.2, 0.25) is 0 Å². The third-order valence-corrected chi connectivity index (χ3v) is 23.4. The van der Waals surface area contributed by atoms with E-state index in [9.17, 15) is 5.26 Å². The largest absolute Gasteiger partial charge is 0.308 e. The van der Waals surface area contributed by atoms with Gasteiger partial charge in [-0.3, -0.25) is 0 Å². The Morgan fingerprint density at radius 3 is 0.705 bits per heavy atom. The lowest BCUT2D eigenvalue weighted by atomic mass is 10.0. The first kappa shape index (κ1) is 77.9. The van der Waals surface area contributed by atoms with Crippen LogP contribution in [-0.4, -0.2) is 83.9 Å². The van der Waals surface area contributed by atoms with Crippen molar-refractivity contribution in [1.82, 2.24) is 83.9 Å². The van der Waals surface area contributed by atoms with Crippen molar-refractivity contribution in [2.45, 2.75) is 0 Å².